The molecule has 2 N–H and O–H groups in total. The third-order valence-corrected chi connectivity index (χ3v) is 1.90. The summed E-state index contributed by atoms with van der Waals surface area (Å²) in [7, 11) is 3.48. The molecular formula is C10H15ClN2O. The molecule has 0 aliphatic heterocycles. The quantitative estimate of drug-likeness (QED) is 0.755. The Morgan fingerprint density at radius 2 is 1.93 bits per heavy atom. The number of anilines is 1. The third-order valence-electron chi connectivity index (χ3n) is 1.90. The van der Waals surface area contributed by atoms with Crippen LogP contribution in [0.25, 0.3) is 0 Å². The number of nitrogen functional groups attached to an aromatic ring is 1. The molecule has 0 aromatic heterocycles. The van der Waals surface area contributed by atoms with Crippen LogP contribution in [0.1, 0.15) is 5.56 Å². The Balaban J connectivity index is 0.00000169. The minimum absolute atomic E-state index is 0. The van der Waals surface area contributed by atoms with Crippen molar-refractivity contribution < 1.29 is 4.79 Å². The average Bonchev–Trinajstić information content (AvgIpc) is 2.08. The number of carbonyl (C=O) groups excluding carboxylic acids is 1. The minimum Gasteiger partial charge on any atom is -0.398 e. The first-order valence-electron chi connectivity index (χ1n) is 4.15. The minimum atomic E-state index is 0. The number of carbonyl (C=O) groups is 1. The van der Waals surface area contributed by atoms with Crippen LogP contribution >= 0.6 is 12.4 Å². The number of nitrogens with two attached hydrogens (primary N) is 1. The molecule has 1 rings (SSSR count). The van der Waals surface area contributed by atoms with Crippen molar-refractivity contribution in [2.24, 2.45) is 0 Å². The highest BCUT2D eigenvalue weighted by molar-refractivity contribution is 5.85. The number of amides is 1. The molecule has 0 heterocycles. The Labute approximate surface area is 90.3 Å². The van der Waals surface area contributed by atoms with Crippen LogP contribution < -0.4 is 5.73 Å². The van der Waals surface area contributed by atoms with Gasteiger partial charge in [0.15, 0.2) is 0 Å². The van der Waals surface area contributed by atoms with Gasteiger partial charge in [-0.3, -0.25) is 4.79 Å². The van der Waals surface area contributed by atoms with Gasteiger partial charge in [-0.05, 0) is 11.6 Å². The van der Waals surface area contributed by atoms with Gasteiger partial charge in [0, 0.05) is 19.8 Å². The molecule has 1 aromatic carbocycles. The van der Waals surface area contributed by atoms with Crippen LogP contribution in [0.4, 0.5) is 5.69 Å². The summed E-state index contributed by atoms with van der Waals surface area (Å²) in [5.74, 6) is 0.0675. The molecule has 0 atom stereocenters. The van der Waals surface area contributed by atoms with Crippen LogP contribution in [0.2, 0.25) is 0 Å². The Bertz CT molecular complexity index is 313. The van der Waals surface area contributed by atoms with Gasteiger partial charge in [0.2, 0.25) is 5.91 Å². The van der Waals surface area contributed by atoms with Crippen LogP contribution in [0.5, 0.6) is 0 Å². The van der Waals surface area contributed by atoms with Gasteiger partial charge in [-0.15, -0.1) is 12.4 Å². The van der Waals surface area contributed by atoms with E-state index in [1.165, 1.54) is 0 Å². The zero-order chi connectivity index (χ0) is 9.84. The molecule has 14 heavy (non-hydrogen) atoms. The molecule has 4 heteroatoms. The van der Waals surface area contributed by atoms with Crippen molar-refractivity contribution in [2.75, 3.05) is 19.8 Å². The van der Waals surface area contributed by atoms with E-state index in [1.54, 1.807) is 25.1 Å². The molecule has 78 valence electrons. The summed E-state index contributed by atoms with van der Waals surface area (Å²) >= 11 is 0. The molecule has 0 unspecified atom stereocenters. The lowest BCUT2D eigenvalue weighted by Gasteiger charge is -2.10. The maximum atomic E-state index is 11.3. The van der Waals surface area contributed by atoms with E-state index in [1.807, 2.05) is 18.2 Å². The van der Waals surface area contributed by atoms with Crippen molar-refractivity contribution in [3.8, 4) is 0 Å². The summed E-state index contributed by atoms with van der Waals surface area (Å²) in [5, 5.41) is 0. The van der Waals surface area contributed by atoms with Gasteiger partial charge in [0.25, 0.3) is 0 Å². The predicted octanol–water partition coefficient (Wildman–Crippen LogP) is 1.32. The number of likely N-dealkylation sites (N-methyl/N-ethyl adjacent to an activating group) is 1. The number of para-hydroxylation sites is 1. The standard InChI is InChI=1S/C10H14N2O.ClH/c1-12(2)10(13)7-8-5-3-4-6-9(8)11;/h3-6H,7,11H2,1-2H3;1H. The van der Waals surface area contributed by atoms with Crippen LogP contribution in [0, 0.1) is 0 Å². The summed E-state index contributed by atoms with van der Waals surface area (Å²) in [6.07, 6.45) is 0.375. The summed E-state index contributed by atoms with van der Waals surface area (Å²) in [6.45, 7) is 0. The fourth-order valence-corrected chi connectivity index (χ4v) is 1.02. The molecule has 1 aromatic rings. The summed E-state index contributed by atoms with van der Waals surface area (Å²) in [5.41, 5.74) is 7.27. The van der Waals surface area contributed by atoms with E-state index in [0.29, 0.717) is 12.1 Å². The molecule has 0 spiro atoms. The van der Waals surface area contributed by atoms with E-state index in [4.69, 9.17) is 5.73 Å². The van der Waals surface area contributed by atoms with Gasteiger partial charge in [0.1, 0.15) is 0 Å². The molecular weight excluding hydrogens is 200 g/mol. The second-order valence-electron chi connectivity index (χ2n) is 3.16. The van der Waals surface area contributed by atoms with Gasteiger partial charge in [0.05, 0.1) is 6.42 Å². The van der Waals surface area contributed by atoms with Crippen molar-refractivity contribution in [1.29, 1.82) is 0 Å². The predicted molar refractivity (Wildman–Crippen MR) is 60.5 cm³/mol. The highest BCUT2D eigenvalue weighted by atomic mass is 35.5. The summed E-state index contributed by atoms with van der Waals surface area (Å²) < 4.78 is 0. The molecule has 0 saturated heterocycles. The highest BCUT2D eigenvalue weighted by Gasteiger charge is 2.06. The van der Waals surface area contributed by atoms with Gasteiger partial charge in [-0.2, -0.15) is 0 Å². The van der Waals surface area contributed by atoms with E-state index in [2.05, 4.69) is 0 Å². The van der Waals surface area contributed by atoms with E-state index in [9.17, 15) is 4.79 Å². The van der Waals surface area contributed by atoms with Gasteiger partial charge >= 0.3 is 0 Å². The maximum absolute atomic E-state index is 11.3. The number of hydrogen-bond acceptors (Lipinski definition) is 2. The van der Waals surface area contributed by atoms with Crippen LogP contribution in [-0.2, 0) is 11.2 Å². The molecule has 0 fully saturated rings. The Kier molecular flexibility index (Phi) is 5.02. The lowest BCUT2D eigenvalue weighted by Crippen LogP contribution is -2.23. The fourth-order valence-electron chi connectivity index (χ4n) is 1.02. The van der Waals surface area contributed by atoms with Crippen molar-refractivity contribution >= 4 is 24.0 Å². The van der Waals surface area contributed by atoms with Crippen LogP contribution in [-0.4, -0.2) is 24.9 Å². The Hall–Kier alpha value is -1.22. The normalized spacial score (nSPS) is 9.00. The lowest BCUT2D eigenvalue weighted by atomic mass is 10.1. The molecule has 3 nitrogen and oxygen atoms in total. The van der Waals surface area contributed by atoms with Gasteiger partial charge in [-0.1, -0.05) is 18.2 Å². The number of benzene rings is 1. The van der Waals surface area contributed by atoms with Crippen molar-refractivity contribution in [3.05, 3.63) is 29.8 Å². The van der Waals surface area contributed by atoms with Crippen LogP contribution in [0.3, 0.4) is 0 Å². The third kappa shape index (κ3) is 3.26. The summed E-state index contributed by atoms with van der Waals surface area (Å²) in [4.78, 5) is 12.9. The number of rotatable bonds is 2. The SMILES string of the molecule is CN(C)C(=O)Cc1ccccc1N.Cl. The summed E-state index contributed by atoms with van der Waals surface area (Å²) in [6, 6.07) is 7.42. The van der Waals surface area contributed by atoms with Gasteiger partial charge < -0.3 is 10.6 Å². The first-order valence-corrected chi connectivity index (χ1v) is 4.15. The van der Waals surface area contributed by atoms with Crippen molar-refractivity contribution in [3.63, 3.8) is 0 Å². The van der Waals surface area contributed by atoms with Crippen molar-refractivity contribution in [2.45, 2.75) is 6.42 Å². The smallest absolute Gasteiger partial charge is 0.226 e. The second-order valence-corrected chi connectivity index (χ2v) is 3.16. The number of nitrogens with zero attached hydrogens (tertiary/aromatic N) is 1. The number of halogens is 1. The average molecular weight is 215 g/mol. The molecule has 0 aliphatic carbocycles. The Morgan fingerprint density at radius 1 is 1.36 bits per heavy atom. The Morgan fingerprint density at radius 3 is 2.43 bits per heavy atom. The van der Waals surface area contributed by atoms with Crippen molar-refractivity contribution in [1.82, 2.24) is 4.90 Å². The van der Waals surface area contributed by atoms with E-state index in [-0.39, 0.29) is 18.3 Å². The number of hydrogen-bond donors (Lipinski definition) is 1. The molecule has 1 amide bonds. The fraction of sp³-hybridized carbons (Fsp3) is 0.300. The van der Waals surface area contributed by atoms with E-state index < -0.39 is 0 Å². The molecule has 0 aliphatic rings. The zero-order valence-corrected chi connectivity index (χ0v) is 9.17. The van der Waals surface area contributed by atoms with E-state index >= 15 is 0 Å². The monoisotopic (exact) mass is 214 g/mol. The zero-order valence-electron chi connectivity index (χ0n) is 8.36. The molecule has 0 bridgehead atoms. The van der Waals surface area contributed by atoms with E-state index in [0.717, 1.165) is 5.56 Å². The first-order chi connectivity index (χ1) is 6.11. The van der Waals surface area contributed by atoms with Crippen LogP contribution in [0.15, 0.2) is 24.3 Å². The first kappa shape index (κ1) is 12.8. The maximum Gasteiger partial charge on any atom is 0.226 e. The highest BCUT2D eigenvalue weighted by Crippen LogP contribution is 2.11. The lowest BCUT2D eigenvalue weighted by molar-refractivity contribution is -0.127. The second kappa shape index (κ2) is 5.50. The largest absolute Gasteiger partial charge is 0.398 e. The molecule has 0 radical (unpaired) electrons. The van der Waals surface area contributed by atoms with Gasteiger partial charge in [-0.25, -0.2) is 0 Å². The topological polar surface area (TPSA) is 46.3 Å². The molecule has 0 saturated carbocycles.